The predicted molar refractivity (Wildman–Crippen MR) is 69.7 cm³/mol. The van der Waals surface area contributed by atoms with Crippen molar-refractivity contribution in [3.63, 3.8) is 0 Å². The van der Waals surface area contributed by atoms with Crippen LogP contribution >= 0.6 is 12.2 Å². The van der Waals surface area contributed by atoms with Crippen LogP contribution in [0.1, 0.15) is 12.5 Å². The number of carbonyl (C=O) groups excluding carboxylic acids is 1. The van der Waals surface area contributed by atoms with Gasteiger partial charge < -0.3 is 16.0 Å². The summed E-state index contributed by atoms with van der Waals surface area (Å²) in [6.45, 7) is 1.74. The molecule has 1 rings (SSSR count). The fourth-order valence-electron chi connectivity index (χ4n) is 1.29. The summed E-state index contributed by atoms with van der Waals surface area (Å²) in [6, 6.07) is 1.24. The van der Waals surface area contributed by atoms with Crippen molar-refractivity contribution in [3.05, 3.63) is 17.8 Å². The van der Waals surface area contributed by atoms with E-state index in [-0.39, 0.29) is 10.9 Å². The van der Waals surface area contributed by atoms with E-state index in [1.165, 1.54) is 11.1 Å². The van der Waals surface area contributed by atoms with Gasteiger partial charge in [-0.15, -0.1) is 5.10 Å². The number of anilines is 1. The fraction of sp³-hybridized carbons (Fsp3) is 0.400. The summed E-state index contributed by atoms with van der Waals surface area (Å²) in [5.41, 5.74) is 6.13. The third kappa shape index (κ3) is 3.35. The molecule has 1 aromatic rings. The van der Waals surface area contributed by atoms with Gasteiger partial charge in [0.1, 0.15) is 11.0 Å². The average Bonchev–Trinajstić information content (AvgIpc) is 2.28. The molecule has 0 saturated heterocycles. The Bertz CT molecular complexity index is 434. The van der Waals surface area contributed by atoms with Crippen LogP contribution in [0.15, 0.2) is 12.3 Å². The third-order valence-corrected chi connectivity index (χ3v) is 2.37. The number of rotatable bonds is 4. The quantitative estimate of drug-likeness (QED) is 0.735. The van der Waals surface area contributed by atoms with Crippen molar-refractivity contribution in [2.45, 2.75) is 13.0 Å². The molecule has 0 aliphatic carbocycles. The molecule has 0 fully saturated rings. The first-order chi connectivity index (χ1) is 7.93. The van der Waals surface area contributed by atoms with Crippen molar-refractivity contribution in [1.29, 1.82) is 0 Å². The second-order valence-corrected chi connectivity index (χ2v) is 4.20. The van der Waals surface area contributed by atoms with E-state index in [1.54, 1.807) is 27.1 Å². The molecular formula is C10H15N5OS. The molecular weight excluding hydrogens is 238 g/mol. The van der Waals surface area contributed by atoms with Gasteiger partial charge in [0.25, 0.3) is 0 Å². The number of thiocarbonyl (C=S) groups is 1. The maximum atomic E-state index is 11.7. The van der Waals surface area contributed by atoms with Crippen molar-refractivity contribution >= 4 is 28.9 Å². The Balaban J connectivity index is 2.88. The predicted octanol–water partition coefficient (Wildman–Crippen LogP) is -0.000600. The van der Waals surface area contributed by atoms with Crippen molar-refractivity contribution in [2.75, 3.05) is 19.4 Å². The smallest absolute Gasteiger partial charge is 0.244 e. The van der Waals surface area contributed by atoms with Gasteiger partial charge in [0.15, 0.2) is 5.82 Å². The first kappa shape index (κ1) is 13.3. The van der Waals surface area contributed by atoms with Crippen molar-refractivity contribution in [1.82, 2.24) is 15.1 Å². The van der Waals surface area contributed by atoms with Gasteiger partial charge in [-0.25, -0.2) is 0 Å². The van der Waals surface area contributed by atoms with Crippen LogP contribution < -0.4 is 11.1 Å². The highest BCUT2D eigenvalue weighted by molar-refractivity contribution is 7.80. The summed E-state index contributed by atoms with van der Waals surface area (Å²) in [4.78, 5) is 13.4. The summed E-state index contributed by atoms with van der Waals surface area (Å²) in [6.07, 6.45) is 1.50. The fourth-order valence-corrected chi connectivity index (χ4v) is 1.46. The zero-order valence-corrected chi connectivity index (χ0v) is 10.8. The van der Waals surface area contributed by atoms with Crippen LogP contribution in [0.25, 0.3) is 0 Å². The first-order valence-corrected chi connectivity index (χ1v) is 5.43. The summed E-state index contributed by atoms with van der Waals surface area (Å²) in [5, 5.41) is 10.6. The van der Waals surface area contributed by atoms with Gasteiger partial charge in [-0.05, 0) is 13.0 Å². The largest absolute Gasteiger partial charge is 0.389 e. The third-order valence-electron chi connectivity index (χ3n) is 2.15. The van der Waals surface area contributed by atoms with Gasteiger partial charge in [-0.2, -0.15) is 5.10 Å². The molecule has 0 aliphatic heterocycles. The Labute approximate surface area is 105 Å². The van der Waals surface area contributed by atoms with Crippen molar-refractivity contribution in [3.8, 4) is 0 Å². The molecule has 0 aliphatic rings. The van der Waals surface area contributed by atoms with E-state index in [0.717, 1.165) is 0 Å². The number of nitrogens with two attached hydrogens (primary N) is 1. The molecule has 92 valence electrons. The van der Waals surface area contributed by atoms with Crippen molar-refractivity contribution < 1.29 is 4.79 Å². The van der Waals surface area contributed by atoms with E-state index < -0.39 is 6.04 Å². The zero-order chi connectivity index (χ0) is 13.0. The normalized spacial score (nSPS) is 11.7. The molecule has 1 unspecified atom stereocenters. The highest BCUT2D eigenvalue weighted by Gasteiger charge is 2.17. The number of carbonyl (C=O) groups is 1. The van der Waals surface area contributed by atoms with Crippen LogP contribution in [0, 0.1) is 0 Å². The molecule has 0 spiro atoms. The number of nitrogens with one attached hydrogen (secondary N) is 1. The molecule has 0 aromatic carbocycles. The van der Waals surface area contributed by atoms with Gasteiger partial charge in [0.2, 0.25) is 5.91 Å². The van der Waals surface area contributed by atoms with E-state index in [0.29, 0.717) is 11.4 Å². The molecule has 6 nitrogen and oxygen atoms in total. The van der Waals surface area contributed by atoms with E-state index >= 15 is 0 Å². The molecule has 0 saturated carbocycles. The van der Waals surface area contributed by atoms with Crippen LogP contribution in [0.4, 0.5) is 5.82 Å². The number of aromatic nitrogens is 2. The zero-order valence-electron chi connectivity index (χ0n) is 9.97. The molecule has 1 aromatic heterocycles. The average molecular weight is 253 g/mol. The Morgan fingerprint density at radius 2 is 2.24 bits per heavy atom. The number of nitrogens with zero attached hydrogens (tertiary/aromatic N) is 3. The molecule has 3 N–H and O–H groups in total. The number of hydrogen-bond donors (Lipinski definition) is 2. The van der Waals surface area contributed by atoms with Crippen LogP contribution in [0.2, 0.25) is 0 Å². The lowest BCUT2D eigenvalue weighted by Crippen LogP contribution is -2.37. The number of hydrogen-bond acceptors (Lipinski definition) is 5. The van der Waals surface area contributed by atoms with Gasteiger partial charge in [-0.3, -0.25) is 4.79 Å². The van der Waals surface area contributed by atoms with E-state index in [1.807, 2.05) is 0 Å². The summed E-state index contributed by atoms with van der Waals surface area (Å²) in [7, 11) is 3.37. The molecule has 17 heavy (non-hydrogen) atoms. The highest BCUT2D eigenvalue weighted by atomic mass is 32.1. The van der Waals surface area contributed by atoms with Crippen molar-refractivity contribution in [2.24, 2.45) is 5.73 Å². The first-order valence-electron chi connectivity index (χ1n) is 5.02. The van der Waals surface area contributed by atoms with Crippen LogP contribution in [-0.2, 0) is 4.79 Å². The van der Waals surface area contributed by atoms with E-state index in [4.69, 9.17) is 18.0 Å². The summed E-state index contributed by atoms with van der Waals surface area (Å²) >= 11 is 4.89. The Morgan fingerprint density at radius 3 is 2.76 bits per heavy atom. The second kappa shape index (κ2) is 5.53. The minimum absolute atomic E-state index is 0.0652. The minimum Gasteiger partial charge on any atom is -0.389 e. The lowest BCUT2D eigenvalue weighted by molar-refractivity contribution is -0.129. The molecule has 1 atom stereocenters. The van der Waals surface area contributed by atoms with Gasteiger partial charge in [-0.1, -0.05) is 12.2 Å². The SMILES string of the molecule is CC(Nc1nnccc1C(N)=S)C(=O)N(C)C. The number of amides is 1. The Hall–Kier alpha value is -1.76. The molecule has 0 radical (unpaired) electrons. The molecule has 7 heteroatoms. The minimum atomic E-state index is -0.421. The standard InChI is InChI=1S/C10H15N5OS/c1-6(10(16)15(2)3)13-9-7(8(11)17)4-5-12-14-9/h4-6H,1-3H3,(H2,11,17)(H,13,14). The lowest BCUT2D eigenvalue weighted by atomic mass is 10.2. The van der Waals surface area contributed by atoms with E-state index in [9.17, 15) is 4.79 Å². The lowest BCUT2D eigenvalue weighted by Gasteiger charge is -2.19. The molecule has 1 heterocycles. The maximum Gasteiger partial charge on any atom is 0.244 e. The van der Waals surface area contributed by atoms with E-state index in [2.05, 4.69) is 15.5 Å². The Kier molecular flexibility index (Phi) is 4.33. The van der Waals surface area contributed by atoms with Gasteiger partial charge >= 0.3 is 0 Å². The monoisotopic (exact) mass is 253 g/mol. The van der Waals surface area contributed by atoms with Crippen LogP contribution in [0.5, 0.6) is 0 Å². The summed E-state index contributed by atoms with van der Waals surface area (Å²) < 4.78 is 0. The van der Waals surface area contributed by atoms with Crippen LogP contribution in [-0.4, -0.2) is 46.1 Å². The molecule has 0 bridgehead atoms. The second-order valence-electron chi connectivity index (χ2n) is 3.76. The molecule has 1 amide bonds. The number of likely N-dealkylation sites (N-methyl/N-ethyl adjacent to an activating group) is 1. The van der Waals surface area contributed by atoms with Gasteiger partial charge in [0.05, 0.1) is 11.8 Å². The highest BCUT2D eigenvalue weighted by Crippen LogP contribution is 2.11. The Morgan fingerprint density at radius 1 is 1.59 bits per heavy atom. The summed E-state index contributed by atoms with van der Waals surface area (Å²) in [5.74, 6) is 0.354. The topological polar surface area (TPSA) is 84.1 Å². The maximum absolute atomic E-state index is 11.7. The van der Waals surface area contributed by atoms with Crippen LogP contribution in [0.3, 0.4) is 0 Å². The van der Waals surface area contributed by atoms with Gasteiger partial charge in [0, 0.05) is 14.1 Å².